The maximum atomic E-state index is 13.9. The first-order chi connectivity index (χ1) is 32.3. The summed E-state index contributed by atoms with van der Waals surface area (Å²) in [7, 11) is 2.91. The highest BCUT2D eigenvalue weighted by molar-refractivity contribution is 6.33. The molecule has 4 aromatic carbocycles. The molecule has 0 fully saturated rings. The van der Waals surface area contributed by atoms with Gasteiger partial charge in [0.1, 0.15) is 35.9 Å². The van der Waals surface area contributed by atoms with E-state index in [0.717, 1.165) is 20.3 Å². The molecule has 0 saturated heterocycles. The van der Waals surface area contributed by atoms with Crippen LogP contribution in [0.2, 0.25) is 10.0 Å². The van der Waals surface area contributed by atoms with Crippen LogP contribution in [-0.2, 0) is 40.9 Å². The lowest BCUT2D eigenvalue weighted by Gasteiger charge is -2.24. The van der Waals surface area contributed by atoms with Gasteiger partial charge in [-0.25, -0.2) is 0 Å². The molecule has 360 valence electrons. The molecule has 4 atom stereocenters. The number of hydrogen-bond donors (Lipinski definition) is 0. The van der Waals surface area contributed by atoms with E-state index in [2.05, 4.69) is 20.4 Å². The fourth-order valence-corrected chi connectivity index (χ4v) is 8.51. The molecular formula is C46H42Cl2F6N6O8. The second-order valence-electron chi connectivity index (χ2n) is 15.3. The summed E-state index contributed by atoms with van der Waals surface area (Å²) < 4.78 is 119. The Morgan fingerprint density at radius 2 is 0.985 bits per heavy atom. The third-order valence-electron chi connectivity index (χ3n) is 10.8. The number of alkyl halides is 6. The van der Waals surface area contributed by atoms with Crippen molar-refractivity contribution >= 4 is 35.1 Å². The Balaban J connectivity index is 0.000000201. The summed E-state index contributed by atoms with van der Waals surface area (Å²) in [6.07, 6.45) is -14.6. The van der Waals surface area contributed by atoms with Crippen LogP contribution in [0.4, 0.5) is 26.3 Å². The number of benzene rings is 4. The summed E-state index contributed by atoms with van der Waals surface area (Å²) in [5.41, 5.74) is 3.68. The van der Waals surface area contributed by atoms with Gasteiger partial charge < -0.3 is 28.4 Å². The third kappa shape index (κ3) is 9.99. The topological polar surface area (TPSA) is 151 Å². The monoisotopic (exact) mass is 990 g/mol. The predicted octanol–water partition coefficient (Wildman–Crippen LogP) is 10.7. The summed E-state index contributed by atoms with van der Waals surface area (Å²) in [4.78, 5) is 24.7. The van der Waals surface area contributed by atoms with Crippen LogP contribution < -0.4 is 9.47 Å². The summed E-state index contributed by atoms with van der Waals surface area (Å²) in [6.45, 7) is 7.10. The van der Waals surface area contributed by atoms with E-state index in [9.17, 15) is 35.9 Å². The number of esters is 2. The van der Waals surface area contributed by atoms with Gasteiger partial charge in [-0.3, -0.25) is 18.7 Å². The molecule has 0 N–H and O–H groups in total. The van der Waals surface area contributed by atoms with Crippen molar-refractivity contribution in [1.82, 2.24) is 29.5 Å². The Labute approximate surface area is 395 Å². The molecule has 2 aliphatic heterocycles. The molecule has 0 saturated carbocycles. The molecule has 0 aliphatic carbocycles. The van der Waals surface area contributed by atoms with Gasteiger partial charge in [0.2, 0.25) is 11.6 Å². The number of methoxy groups -OCH3 is 2. The van der Waals surface area contributed by atoms with E-state index >= 15 is 0 Å². The van der Waals surface area contributed by atoms with Gasteiger partial charge in [-0.15, -0.1) is 20.4 Å². The number of aryl methyl sites for hydroxylation is 2. The predicted molar refractivity (Wildman–Crippen MR) is 232 cm³/mol. The lowest BCUT2D eigenvalue weighted by Crippen LogP contribution is -2.18. The lowest BCUT2D eigenvalue weighted by atomic mass is 9.97. The van der Waals surface area contributed by atoms with Crippen LogP contribution in [0.25, 0.3) is 11.4 Å². The maximum absolute atomic E-state index is 13.9. The highest BCUT2D eigenvalue weighted by Crippen LogP contribution is 2.48. The van der Waals surface area contributed by atoms with E-state index < -0.39 is 60.4 Å². The van der Waals surface area contributed by atoms with Gasteiger partial charge in [-0.2, -0.15) is 26.3 Å². The van der Waals surface area contributed by atoms with Crippen molar-refractivity contribution in [3.63, 3.8) is 0 Å². The quantitative estimate of drug-likeness (QED) is 0.0949. The number of hydrogen-bond acceptors (Lipinski definition) is 12. The molecular weight excluding hydrogens is 949 g/mol. The molecule has 4 heterocycles. The van der Waals surface area contributed by atoms with E-state index in [0.29, 0.717) is 33.8 Å². The van der Waals surface area contributed by atoms with Gasteiger partial charge in [0.05, 0.1) is 61.7 Å². The number of rotatable bonds is 10. The van der Waals surface area contributed by atoms with Crippen molar-refractivity contribution in [2.45, 2.75) is 77.3 Å². The highest BCUT2D eigenvalue weighted by atomic mass is 35.5. The molecule has 68 heavy (non-hydrogen) atoms. The minimum Gasteiger partial charge on any atom is -0.495 e. The number of nitrogens with zero attached hydrogens (tertiary/aromatic N) is 6. The Kier molecular flexibility index (Phi) is 14.7. The molecule has 0 bridgehead atoms. The first kappa shape index (κ1) is 49.7. The SMILES string of the molecule is CCOC(=O)C[C@@H]1O[C@@H](c2cccc(OC)c2Cl)c2cc(C)ccc2-n2c1nnc2C(F)(F)F.CCOC(=O)C[C@H]1O[C@H](c2cccc(OC)c2Cl)c2cc(C)ccc2-n2c1nnc2C(F)(F)F. The first-order valence-corrected chi connectivity index (χ1v) is 21.6. The molecule has 8 rings (SSSR count). The van der Waals surface area contributed by atoms with E-state index in [1.165, 1.54) is 14.2 Å². The zero-order valence-corrected chi connectivity index (χ0v) is 38.6. The molecule has 2 aliphatic rings. The smallest absolute Gasteiger partial charge is 0.452 e. The Morgan fingerprint density at radius 3 is 1.32 bits per heavy atom. The van der Waals surface area contributed by atoms with Crippen molar-refractivity contribution in [3.05, 3.63) is 140 Å². The van der Waals surface area contributed by atoms with Gasteiger partial charge in [-0.05, 0) is 52.0 Å². The fraction of sp³-hybridized carbons (Fsp3) is 0.348. The van der Waals surface area contributed by atoms with Crippen molar-refractivity contribution < 1.29 is 64.4 Å². The molecule has 14 nitrogen and oxygen atoms in total. The Morgan fingerprint density at radius 1 is 0.603 bits per heavy atom. The number of halogens is 8. The Hall–Kier alpha value is -6.22. The number of carbonyl (C=O) groups is 2. The van der Waals surface area contributed by atoms with E-state index in [4.69, 9.17) is 51.6 Å². The van der Waals surface area contributed by atoms with E-state index in [-0.39, 0.29) is 59.1 Å². The molecule has 0 unspecified atom stereocenters. The second kappa shape index (κ2) is 20.2. The average Bonchev–Trinajstić information content (AvgIpc) is 3.89. The lowest BCUT2D eigenvalue weighted by molar-refractivity contribution is -0.149. The highest BCUT2D eigenvalue weighted by Gasteiger charge is 2.45. The van der Waals surface area contributed by atoms with Crippen molar-refractivity contribution in [1.29, 1.82) is 0 Å². The summed E-state index contributed by atoms with van der Waals surface area (Å²) >= 11 is 13.2. The van der Waals surface area contributed by atoms with Gasteiger partial charge in [0.25, 0.3) is 0 Å². The van der Waals surface area contributed by atoms with Crippen molar-refractivity contribution in [2.75, 3.05) is 27.4 Å². The van der Waals surface area contributed by atoms with Gasteiger partial charge in [0, 0.05) is 22.3 Å². The molecule has 6 aromatic rings. The van der Waals surface area contributed by atoms with E-state index in [1.807, 2.05) is 13.8 Å². The standard InChI is InChI=1S/2C23H21ClF3N3O4/c2*1-4-33-18(31)11-17-21-28-29-22(23(25,26)27)30(21)15-9-8-12(2)10-14(15)20(34-17)13-6-5-7-16(32-3)19(13)24/h2*5-10,17,20H,4,11H2,1-3H3/t2*17-,20-/m10/s1. The number of fused-ring (bicyclic) bond motifs is 6. The number of carbonyl (C=O) groups excluding carboxylic acids is 2. The van der Waals surface area contributed by atoms with Crippen LogP contribution in [-0.4, -0.2) is 68.9 Å². The zero-order chi connectivity index (χ0) is 49.2. The van der Waals surface area contributed by atoms with Crippen LogP contribution in [0.15, 0.2) is 72.8 Å². The normalized spacial score (nSPS) is 17.5. The van der Waals surface area contributed by atoms with Crippen molar-refractivity contribution in [2.24, 2.45) is 0 Å². The largest absolute Gasteiger partial charge is 0.495 e. The second-order valence-corrected chi connectivity index (χ2v) is 16.1. The number of aromatic nitrogens is 6. The molecule has 0 radical (unpaired) electrons. The number of ether oxygens (including phenoxy) is 6. The minimum atomic E-state index is -4.80. The average molecular weight is 992 g/mol. The Bertz CT molecular complexity index is 2650. The minimum absolute atomic E-state index is 0.108. The van der Waals surface area contributed by atoms with Crippen LogP contribution in [0, 0.1) is 13.8 Å². The maximum Gasteiger partial charge on any atom is 0.452 e. The van der Waals surface area contributed by atoms with Gasteiger partial charge in [0.15, 0.2) is 11.6 Å². The molecule has 0 amide bonds. The van der Waals surface area contributed by atoms with Gasteiger partial charge >= 0.3 is 24.3 Å². The van der Waals surface area contributed by atoms with Crippen molar-refractivity contribution in [3.8, 4) is 22.9 Å². The van der Waals surface area contributed by atoms with Crippen LogP contribution in [0.1, 0.15) is 108 Å². The van der Waals surface area contributed by atoms with Gasteiger partial charge in [-0.1, -0.05) is 82.9 Å². The summed E-state index contributed by atoms with van der Waals surface area (Å²) in [6, 6.07) is 20.0. The van der Waals surface area contributed by atoms with E-state index in [1.54, 1.807) is 86.6 Å². The zero-order valence-electron chi connectivity index (χ0n) is 37.0. The molecule has 2 aromatic heterocycles. The summed E-state index contributed by atoms with van der Waals surface area (Å²) in [5.74, 6) is -3.30. The first-order valence-electron chi connectivity index (χ1n) is 20.8. The molecule has 0 spiro atoms. The fourth-order valence-electron chi connectivity index (χ4n) is 7.90. The summed E-state index contributed by atoms with van der Waals surface area (Å²) in [5, 5.41) is 14.8. The van der Waals surface area contributed by atoms with Crippen LogP contribution in [0.5, 0.6) is 11.5 Å². The molecule has 22 heteroatoms. The van der Waals surface area contributed by atoms with Crippen LogP contribution in [0.3, 0.4) is 0 Å². The third-order valence-corrected chi connectivity index (χ3v) is 11.6. The van der Waals surface area contributed by atoms with Crippen LogP contribution >= 0.6 is 23.2 Å².